The molecular formula is C12H16N2O4. The van der Waals surface area contributed by atoms with Crippen LogP contribution >= 0.6 is 0 Å². The van der Waals surface area contributed by atoms with Crippen LogP contribution in [0, 0.1) is 0 Å². The first kappa shape index (κ1) is 14.0. The molecule has 1 amide bonds. The quantitative estimate of drug-likeness (QED) is 0.759. The van der Waals surface area contributed by atoms with E-state index in [1.54, 1.807) is 20.2 Å². The number of carboxylic acid groups (broad SMARTS) is 1. The number of carbonyl (C=O) groups is 3. The highest BCUT2D eigenvalue weighted by Gasteiger charge is 2.20. The number of nitrogens with one attached hydrogen (secondary N) is 1. The van der Waals surface area contributed by atoms with E-state index in [0.29, 0.717) is 12.0 Å². The summed E-state index contributed by atoms with van der Waals surface area (Å²) < 4.78 is 1.50. The number of amides is 1. The molecule has 6 heteroatoms. The van der Waals surface area contributed by atoms with Crippen molar-refractivity contribution in [3.63, 3.8) is 0 Å². The lowest BCUT2D eigenvalue weighted by Crippen LogP contribution is -2.40. The van der Waals surface area contributed by atoms with Gasteiger partial charge < -0.3 is 15.0 Å². The van der Waals surface area contributed by atoms with E-state index in [9.17, 15) is 14.4 Å². The van der Waals surface area contributed by atoms with Crippen molar-refractivity contribution in [2.24, 2.45) is 7.05 Å². The van der Waals surface area contributed by atoms with Crippen LogP contribution in [0.3, 0.4) is 0 Å². The highest BCUT2D eigenvalue weighted by atomic mass is 16.4. The van der Waals surface area contributed by atoms with Crippen LogP contribution in [0.25, 0.3) is 0 Å². The highest BCUT2D eigenvalue weighted by Crippen LogP contribution is 2.08. The summed E-state index contributed by atoms with van der Waals surface area (Å²) >= 11 is 0. The van der Waals surface area contributed by atoms with Gasteiger partial charge in [0.05, 0.1) is 0 Å². The van der Waals surface area contributed by atoms with Gasteiger partial charge in [0.1, 0.15) is 11.7 Å². The zero-order valence-corrected chi connectivity index (χ0v) is 10.6. The number of aryl methyl sites for hydroxylation is 1. The average Bonchev–Trinajstić information content (AvgIpc) is 2.67. The van der Waals surface area contributed by atoms with Crippen LogP contribution in [0.5, 0.6) is 0 Å². The Kier molecular flexibility index (Phi) is 4.25. The Labute approximate surface area is 105 Å². The second-order valence-corrected chi connectivity index (χ2v) is 4.05. The maximum absolute atomic E-state index is 11.9. The molecule has 1 aromatic heterocycles. The van der Waals surface area contributed by atoms with Crippen molar-refractivity contribution in [2.75, 3.05) is 0 Å². The third-order valence-corrected chi connectivity index (χ3v) is 2.66. The van der Waals surface area contributed by atoms with Crippen molar-refractivity contribution >= 4 is 17.7 Å². The fraction of sp³-hybridized carbons (Fsp3) is 0.417. The molecule has 0 fully saturated rings. The lowest BCUT2D eigenvalue weighted by atomic mass is 10.2. The molecule has 6 nitrogen and oxygen atoms in total. The molecule has 98 valence electrons. The largest absolute Gasteiger partial charge is 0.480 e. The van der Waals surface area contributed by atoms with Crippen LogP contribution in [0.2, 0.25) is 0 Å². The van der Waals surface area contributed by atoms with Gasteiger partial charge in [0.25, 0.3) is 5.91 Å². The van der Waals surface area contributed by atoms with Crippen molar-refractivity contribution in [2.45, 2.75) is 26.3 Å². The van der Waals surface area contributed by atoms with E-state index in [4.69, 9.17) is 5.11 Å². The average molecular weight is 252 g/mol. The van der Waals surface area contributed by atoms with E-state index >= 15 is 0 Å². The third-order valence-electron chi connectivity index (χ3n) is 2.66. The fourth-order valence-corrected chi connectivity index (χ4v) is 1.55. The van der Waals surface area contributed by atoms with E-state index in [0.717, 1.165) is 0 Å². The van der Waals surface area contributed by atoms with Gasteiger partial charge in [0.15, 0.2) is 5.78 Å². The minimum Gasteiger partial charge on any atom is -0.480 e. The first-order chi connectivity index (χ1) is 8.36. The number of carboxylic acids is 1. The molecule has 1 aromatic rings. The molecule has 0 aliphatic rings. The summed E-state index contributed by atoms with van der Waals surface area (Å²) in [5, 5.41) is 11.3. The Hall–Kier alpha value is -2.11. The number of aromatic nitrogens is 1. The van der Waals surface area contributed by atoms with Gasteiger partial charge in [-0.1, -0.05) is 6.92 Å². The zero-order chi connectivity index (χ0) is 13.9. The van der Waals surface area contributed by atoms with Crippen molar-refractivity contribution in [3.05, 3.63) is 23.5 Å². The number of hydrogen-bond donors (Lipinski definition) is 2. The van der Waals surface area contributed by atoms with E-state index in [1.807, 2.05) is 0 Å². The Morgan fingerprint density at radius 2 is 2.06 bits per heavy atom. The second-order valence-electron chi connectivity index (χ2n) is 4.05. The molecule has 0 saturated carbocycles. The maximum Gasteiger partial charge on any atom is 0.326 e. The molecule has 0 saturated heterocycles. The smallest absolute Gasteiger partial charge is 0.326 e. The van der Waals surface area contributed by atoms with E-state index in [-0.39, 0.29) is 11.5 Å². The molecule has 1 rings (SSSR count). The Balaban J connectivity index is 2.90. The van der Waals surface area contributed by atoms with Crippen LogP contribution in [0.1, 0.15) is 41.1 Å². The van der Waals surface area contributed by atoms with Gasteiger partial charge in [0, 0.05) is 18.8 Å². The lowest BCUT2D eigenvalue weighted by molar-refractivity contribution is -0.139. The molecule has 0 aliphatic carbocycles. The van der Waals surface area contributed by atoms with Gasteiger partial charge >= 0.3 is 5.97 Å². The van der Waals surface area contributed by atoms with E-state index in [2.05, 4.69) is 5.32 Å². The number of ketones is 1. The standard InChI is InChI=1S/C12H16N2O4/c1-4-9(12(17)18)13-11(16)10-5-8(7(2)15)6-14(10)3/h5-6,9H,4H2,1-3H3,(H,13,16)(H,17,18)/t9-/m0/s1. The van der Waals surface area contributed by atoms with Crippen LogP contribution < -0.4 is 5.32 Å². The van der Waals surface area contributed by atoms with Gasteiger partial charge in [-0.05, 0) is 19.4 Å². The summed E-state index contributed by atoms with van der Waals surface area (Å²) in [5.41, 5.74) is 0.686. The number of aliphatic carboxylic acids is 1. The Morgan fingerprint density at radius 1 is 1.44 bits per heavy atom. The third kappa shape index (κ3) is 2.97. The van der Waals surface area contributed by atoms with Crippen molar-refractivity contribution in [3.8, 4) is 0 Å². The van der Waals surface area contributed by atoms with Crippen molar-refractivity contribution < 1.29 is 19.5 Å². The molecule has 0 spiro atoms. The predicted octanol–water partition coefficient (Wildman–Crippen LogP) is 0.821. The van der Waals surface area contributed by atoms with Gasteiger partial charge in [-0.25, -0.2) is 4.79 Å². The number of carbonyl (C=O) groups excluding carboxylic acids is 2. The molecule has 0 aliphatic heterocycles. The second kappa shape index (κ2) is 5.48. The molecule has 0 radical (unpaired) electrons. The van der Waals surface area contributed by atoms with Crippen LogP contribution in [-0.4, -0.2) is 33.4 Å². The minimum absolute atomic E-state index is 0.144. The fourth-order valence-electron chi connectivity index (χ4n) is 1.55. The van der Waals surface area contributed by atoms with Gasteiger partial charge in [-0.15, -0.1) is 0 Å². The highest BCUT2D eigenvalue weighted by molar-refractivity contribution is 6.00. The van der Waals surface area contributed by atoms with E-state index < -0.39 is 17.9 Å². The van der Waals surface area contributed by atoms with Gasteiger partial charge in [-0.2, -0.15) is 0 Å². The molecule has 2 N–H and O–H groups in total. The SMILES string of the molecule is CC[C@H](NC(=O)c1cc(C(C)=O)cn1C)C(=O)O. The predicted molar refractivity (Wildman–Crippen MR) is 64.6 cm³/mol. The van der Waals surface area contributed by atoms with Crippen LogP contribution in [0.4, 0.5) is 0 Å². The van der Waals surface area contributed by atoms with Crippen molar-refractivity contribution in [1.29, 1.82) is 0 Å². The summed E-state index contributed by atoms with van der Waals surface area (Å²) in [6, 6.07) is 0.528. The molecular weight excluding hydrogens is 236 g/mol. The summed E-state index contributed by atoms with van der Waals surface area (Å²) in [5.74, 6) is -1.72. The molecule has 18 heavy (non-hydrogen) atoms. The summed E-state index contributed by atoms with van der Waals surface area (Å²) in [6.07, 6.45) is 1.84. The normalized spacial score (nSPS) is 11.9. The topological polar surface area (TPSA) is 88.4 Å². The lowest BCUT2D eigenvalue weighted by Gasteiger charge is -2.12. The number of nitrogens with zero attached hydrogens (tertiary/aromatic N) is 1. The van der Waals surface area contributed by atoms with Gasteiger partial charge in [-0.3, -0.25) is 9.59 Å². The Morgan fingerprint density at radius 3 is 2.44 bits per heavy atom. The van der Waals surface area contributed by atoms with Crippen LogP contribution in [-0.2, 0) is 11.8 Å². The summed E-state index contributed by atoms with van der Waals surface area (Å²) in [7, 11) is 1.63. The molecule has 0 unspecified atom stereocenters. The molecule has 1 heterocycles. The van der Waals surface area contributed by atoms with Crippen LogP contribution in [0.15, 0.2) is 12.3 Å². The number of Topliss-reactive ketones (excluding diaryl/α,β-unsaturated/α-hetero) is 1. The number of rotatable bonds is 5. The monoisotopic (exact) mass is 252 g/mol. The zero-order valence-electron chi connectivity index (χ0n) is 10.6. The van der Waals surface area contributed by atoms with Crippen molar-refractivity contribution in [1.82, 2.24) is 9.88 Å². The molecule has 0 aromatic carbocycles. The first-order valence-corrected chi connectivity index (χ1v) is 5.57. The van der Waals surface area contributed by atoms with E-state index in [1.165, 1.54) is 17.6 Å². The van der Waals surface area contributed by atoms with Gasteiger partial charge in [0.2, 0.25) is 0 Å². The summed E-state index contributed by atoms with van der Waals surface area (Å²) in [6.45, 7) is 3.08. The Bertz CT molecular complexity index is 490. The minimum atomic E-state index is -1.08. The maximum atomic E-state index is 11.9. The molecule has 0 bridgehead atoms. The number of hydrogen-bond acceptors (Lipinski definition) is 3. The summed E-state index contributed by atoms with van der Waals surface area (Å²) in [4.78, 5) is 33.9. The molecule has 1 atom stereocenters. The first-order valence-electron chi connectivity index (χ1n) is 5.57.